The van der Waals surface area contributed by atoms with Gasteiger partial charge in [-0.15, -0.1) is 0 Å². The molecule has 1 N–H and O–H groups in total. The van der Waals surface area contributed by atoms with E-state index in [0.29, 0.717) is 0 Å². The van der Waals surface area contributed by atoms with Gasteiger partial charge in [0, 0.05) is 45.6 Å². The van der Waals surface area contributed by atoms with E-state index in [-0.39, 0.29) is 6.04 Å². The van der Waals surface area contributed by atoms with Crippen molar-refractivity contribution in [1.82, 2.24) is 0 Å². The van der Waals surface area contributed by atoms with E-state index in [1.165, 1.54) is 39.1 Å². The summed E-state index contributed by atoms with van der Waals surface area (Å²) in [7, 11) is 0. The lowest BCUT2D eigenvalue weighted by atomic mass is 9.84. The molecule has 0 saturated carbocycles. The van der Waals surface area contributed by atoms with Crippen molar-refractivity contribution >= 4 is 34.1 Å². The molecular formula is C49H41N3. The highest BCUT2D eigenvalue weighted by atomic mass is 15.2. The Morgan fingerprint density at radius 1 is 0.692 bits per heavy atom. The van der Waals surface area contributed by atoms with Crippen molar-refractivity contribution < 1.29 is 0 Å². The normalized spacial score (nSPS) is 15.6. The Labute approximate surface area is 307 Å². The number of hydrogen-bond acceptors (Lipinski definition) is 3. The minimum atomic E-state index is 0.251. The van der Waals surface area contributed by atoms with Gasteiger partial charge in [0.05, 0.1) is 11.4 Å². The Kier molecular flexibility index (Phi) is 9.23. The molecule has 252 valence electrons. The minimum Gasteiger partial charge on any atom is -0.378 e. The number of rotatable bonds is 10. The van der Waals surface area contributed by atoms with E-state index in [0.717, 1.165) is 40.6 Å². The third kappa shape index (κ3) is 6.41. The smallest absolute Gasteiger partial charge is 0.0562 e. The Morgan fingerprint density at radius 3 is 2.06 bits per heavy atom. The molecule has 6 aromatic rings. The lowest BCUT2D eigenvalue weighted by molar-refractivity contribution is 0.883. The topological polar surface area (TPSA) is 18.5 Å². The van der Waals surface area contributed by atoms with Crippen LogP contribution in [-0.4, -0.2) is 6.04 Å². The molecule has 52 heavy (non-hydrogen) atoms. The van der Waals surface area contributed by atoms with Gasteiger partial charge in [0.15, 0.2) is 0 Å². The zero-order chi connectivity index (χ0) is 35.3. The van der Waals surface area contributed by atoms with E-state index in [2.05, 4.69) is 217 Å². The number of para-hydroxylation sites is 3. The van der Waals surface area contributed by atoms with Crippen molar-refractivity contribution in [3.05, 3.63) is 218 Å². The van der Waals surface area contributed by atoms with Crippen LogP contribution in [0.5, 0.6) is 0 Å². The second-order valence-electron chi connectivity index (χ2n) is 13.1. The van der Waals surface area contributed by atoms with Crippen LogP contribution in [-0.2, 0) is 0 Å². The van der Waals surface area contributed by atoms with E-state index in [4.69, 9.17) is 0 Å². The molecule has 1 heterocycles. The van der Waals surface area contributed by atoms with E-state index < -0.39 is 0 Å². The van der Waals surface area contributed by atoms with E-state index in [9.17, 15) is 0 Å². The predicted molar refractivity (Wildman–Crippen MR) is 222 cm³/mol. The third-order valence-electron chi connectivity index (χ3n) is 9.79. The Bertz CT molecular complexity index is 2310. The van der Waals surface area contributed by atoms with E-state index in [1.54, 1.807) is 0 Å². The maximum Gasteiger partial charge on any atom is 0.0562 e. The van der Waals surface area contributed by atoms with Gasteiger partial charge in [-0.25, -0.2) is 0 Å². The number of fused-ring (bicyclic) bond motifs is 1. The zero-order valence-corrected chi connectivity index (χ0v) is 29.4. The molecular weight excluding hydrogens is 631 g/mol. The van der Waals surface area contributed by atoms with Crippen LogP contribution < -0.4 is 15.1 Å². The largest absolute Gasteiger partial charge is 0.378 e. The minimum absolute atomic E-state index is 0.251. The van der Waals surface area contributed by atoms with Gasteiger partial charge in [-0.1, -0.05) is 134 Å². The zero-order valence-electron chi connectivity index (χ0n) is 29.4. The molecule has 1 aliphatic carbocycles. The highest BCUT2D eigenvalue weighted by Gasteiger charge is 2.34. The molecule has 3 heteroatoms. The number of aryl methyl sites for hydroxylation is 1. The summed E-state index contributed by atoms with van der Waals surface area (Å²) in [4.78, 5) is 4.63. The van der Waals surface area contributed by atoms with Crippen LogP contribution in [0.4, 0.5) is 28.4 Å². The molecule has 0 fully saturated rings. The summed E-state index contributed by atoms with van der Waals surface area (Å²) >= 11 is 0. The SMILES string of the molecule is C=C/C(=C\C=C1\c2c(ccc(C)c2-c2ccccc2NC2C=CC=CC2)N1c1ccccc1)N(c1ccccc1)c1ccc(-c2ccccc2)cc1. The van der Waals surface area contributed by atoms with Crippen molar-refractivity contribution in [1.29, 1.82) is 0 Å². The molecule has 1 aliphatic heterocycles. The van der Waals surface area contributed by atoms with Crippen molar-refractivity contribution in [3.8, 4) is 22.3 Å². The fraction of sp³-hybridized carbons (Fsp3) is 0.0612. The van der Waals surface area contributed by atoms with Gasteiger partial charge < -0.3 is 15.1 Å². The monoisotopic (exact) mass is 671 g/mol. The van der Waals surface area contributed by atoms with Gasteiger partial charge in [0.2, 0.25) is 0 Å². The lowest BCUT2D eigenvalue weighted by Crippen LogP contribution is -2.27. The lowest BCUT2D eigenvalue weighted by Gasteiger charge is -2.41. The first kappa shape index (κ1) is 32.6. The molecule has 0 radical (unpaired) electrons. The van der Waals surface area contributed by atoms with Crippen LogP contribution >= 0.6 is 0 Å². The standard InChI is InChI=1S/C49H41N3/c1-3-40(51(41-22-12-6-13-23-41)43-31-29-38(30-32-43)37-18-8-4-9-19-37)33-35-47-49-46(52(47)42-24-14-7-15-25-42)34-28-36(2)48(49)44-26-16-17-27-45(44)50-39-20-10-5-11-21-39/h3-20,22-35,39,50H,1,21H2,2H3/b40-33+,47-35-. The van der Waals surface area contributed by atoms with Crippen LogP contribution in [0.1, 0.15) is 17.5 Å². The van der Waals surface area contributed by atoms with E-state index in [1.807, 2.05) is 6.08 Å². The Morgan fingerprint density at radius 2 is 1.35 bits per heavy atom. The number of anilines is 5. The molecule has 2 aliphatic rings. The second-order valence-corrected chi connectivity index (χ2v) is 13.1. The molecule has 0 amide bonds. The first-order valence-electron chi connectivity index (χ1n) is 17.9. The molecule has 6 aromatic carbocycles. The number of hydrogen-bond donors (Lipinski definition) is 1. The highest BCUT2D eigenvalue weighted by Crippen LogP contribution is 2.53. The number of nitrogens with zero attached hydrogens (tertiary/aromatic N) is 2. The van der Waals surface area contributed by atoms with Gasteiger partial charge in [-0.3, -0.25) is 0 Å². The predicted octanol–water partition coefficient (Wildman–Crippen LogP) is 13.0. The number of nitrogens with one attached hydrogen (secondary N) is 1. The average molecular weight is 672 g/mol. The molecule has 3 nitrogen and oxygen atoms in total. The first-order chi connectivity index (χ1) is 25.7. The van der Waals surface area contributed by atoms with E-state index >= 15 is 0 Å². The summed E-state index contributed by atoms with van der Waals surface area (Å²) in [6.45, 7) is 6.54. The fourth-order valence-electron chi connectivity index (χ4n) is 7.26. The number of allylic oxidation sites excluding steroid dienone is 5. The van der Waals surface area contributed by atoms with Gasteiger partial charge in [-0.2, -0.15) is 0 Å². The van der Waals surface area contributed by atoms with Crippen molar-refractivity contribution in [2.75, 3.05) is 15.1 Å². The molecule has 0 saturated heterocycles. The summed E-state index contributed by atoms with van der Waals surface area (Å²) in [5.41, 5.74) is 15.0. The summed E-state index contributed by atoms with van der Waals surface area (Å²) in [5, 5.41) is 3.83. The van der Waals surface area contributed by atoms with Gasteiger partial charge in [-0.05, 0) is 102 Å². The molecule has 1 atom stereocenters. The van der Waals surface area contributed by atoms with Crippen LogP contribution in [0.15, 0.2) is 206 Å². The highest BCUT2D eigenvalue weighted by molar-refractivity contribution is 6.09. The molecule has 8 rings (SSSR count). The van der Waals surface area contributed by atoms with Crippen LogP contribution in [0.2, 0.25) is 0 Å². The van der Waals surface area contributed by atoms with Crippen molar-refractivity contribution in [2.45, 2.75) is 19.4 Å². The summed E-state index contributed by atoms with van der Waals surface area (Å²) < 4.78 is 0. The quantitative estimate of drug-likeness (QED) is 0.146. The van der Waals surface area contributed by atoms with Crippen molar-refractivity contribution in [3.63, 3.8) is 0 Å². The molecule has 0 bridgehead atoms. The third-order valence-corrected chi connectivity index (χ3v) is 9.79. The van der Waals surface area contributed by atoms with Gasteiger partial charge >= 0.3 is 0 Å². The van der Waals surface area contributed by atoms with Crippen LogP contribution in [0.25, 0.3) is 28.0 Å². The fourth-order valence-corrected chi connectivity index (χ4v) is 7.26. The second kappa shape index (κ2) is 14.7. The number of benzene rings is 6. The Balaban J connectivity index is 1.25. The molecule has 0 spiro atoms. The maximum absolute atomic E-state index is 4.32. The Hall–Kier alpha value is -6.58. The first-order valence-corrected chi connectivity index (χ1v) is 17.9. The molecule has 1 unspecified atom stereocenters. The molecule has 0 aromatic heterocycles. The average Bonchev–Trinajstić information content (AvgIpc) is 3.20. The van der Waals surface area contributed by atoms with Crippen LogP contribution in [0.3, 0.4) is 0 Å². The summed E-state index contributed by atoms with van der Waals surface area (Å²) in [6, 6.07) is 53.9. The van der Waals surface area contributed by atoms with Crippen molar-refractivity contribution in [2.24, 2.45) is 0 Å². The van der Waals surface area contributed by atoms with Gasteiger partial charge in [0.25, 0.3) is 0 Å². The van der Waals surface area contributed by atoms with Gasteiger partial charge in [0.1, 0.15) is 0 Å². The summed E-state index contributed by atoms with van der Waals surface area (Å²) in [5.74, 6) is 0. The van der Waals surface area contributed by atoms with Crippen LogP contribution in [0, 0.1) is 6.92 Å². The summed E-state index contributed by atoms with van der Waals surface area (Å²) in [6.07, 6.45) is 16.1. The maximum atomic E-state index is 4.32.